The molecule has 3 N–H and O–H groups in total. The van der Waals surface area contributed by atoms with Crippen molar-refractivity contribution in [2.24, 2.45) is 5.92 Å². The van der Waals surface area contributed by atoms with E-state index in [2.05, 4.69) is 16.0 Å². The molecule has 1 aromatic rings. The third kappa shape index (κ3) is 9.69. The molecule has 0 unspecified atom stereocenters. The minimum absolute atomic E-state index is 0.0441. The summed E-state index contributed by atoms with van der Waals surface area (Å²) in [4.78, 5) is 76.3. The normalized spacial score (nSPS) is 16.7. The molecular formula is C27H38N4O8. The fourth-order valence-electron chi connectivity index (χ4n) is 3.80. The van der Waals surface area contributed by atoms with Crippen molar-refractivity contribution in [3.8, 4) is 0 Å². The molecule has 12 nitrogen and oxygen atoms in total. The minimum Gasteiger partial charge on any atom is -0.459 e. The monoisotopic (exact) mass is 546 g/mol. The number of likely N-dealkylation sites (tertiary alicyclic amines) is 1. The van der Waals surface area contributed by atoms with Gasteiger partial charge in [-0.3, -0.25) is 24.1 Å². The number of hydrogen-bond donors (Lipinski definition) is 3. The number of amides is 5. The second-order valence-corrected chi connectivity index (χ2v) is 10.6. The predicted molar refractivity (Wildman–Crippen MR) is 140 cm³/mol. The van der Waals surface area contributed by atoms with Gasteiger partial charge in [-0.25, -0.2) is 9.59 Å². The Kier molecular flexibility index (Phi) is 11.0. The Morgan fingerprint density at radius 1 is 1.03 bits per heavy atom. The summed E-state index contributed by atoms with van der Waals surface area (Å²) in [6.45, 7) is 9.42. The van der Waals surface area contributed by atoms with Gasteiger partial charge in [-0.15, -0.1) is 0 Å². The summed E-state index contributed by atoms with van der Waals surface area (Å²) in [5.41, 5.74) is -0.0000901. The zero-order valence-corrected chi connectivity index (χ0v) is 23.2. The standard InChI is InChI=1S/C27H38N4O8/c1-16(2)22(30-26(37)39-27(4,5)6)24(35)31-19(12-13-21(31)33)23(34)28-14-20(32)29-17(3)25(36)38-15-18-10-8-7-9-11-18/h7-11,16-17,19,22H,12-15H2,1-6H3,(H,28,34)(H,29,32)(H,30,37)/t17-,19-,22-/m0/s1. The van der Waals surface area contributed by atoms with Crippen molar-refractivity contribution in [1.29, 1.82) is 0 Å². The Labute approximate surface area is 228 Å². The Morgan fingerprint density at radius 2 is 1.67 bits per heavy atom. The second-order valence-electron chi connectivity index (χ2n) is 10.6. The van der Waals surface area contributed by atoms with Crippen LogP contribution in [0.15, 0.2) is 30.3 Å². The maximum absolute atomic E-state index is 13.3. The van der Waals surface area contributed by atoms with Crippen LogP contribution >= 0.6 is 0 Å². The fraction of sp³-hybridized carbons (Fsp3) is 0.556. The molecule has 0 radical (unpaired) electrons. The van der Waals surface area contributed by atoms with Crippen LogP contribution in [0.3, 0.4) is 0 Å². The lowest BCUT2D eigenvalue weighted by Crippen LogP contribution is -2.57. The highest BCUT2D eigenvalue weighted by Crippen LogP contribution is 2.22. The number of carbonyl (C=O) groups is 6. The molecule has 1 aliphatic heterocycles. The van der Waals surface area contributed by atoms with Gasteiger partial charge in [-0.1, -0.05) is 44.2 Å². The van der Waals surface area contributed by atoms with E-state index in [1.54, 1.807) is 46.8 Å². The number of carbonyl (C=O) groups excluding carboxylic acids is 6. The summed E-state index contributed by atoms with van der Waals surface area (Å²) in [6, 6.07) is 5.83. The molecule has 1 fully saturated rings. The summed E-state index contributed by atoms with van der Waals surface area (Å²) in [5, 5.41) is 7.34. The van der Waals surface area contributed by atoms with Crippen LogP contribution in [0.4, 0.5) is 4.79 Å². The smallest absolute Gasteiger partial charge is 0.408 e. The zero-order valence-electron chi connectivity index (χ0n) is 23.2. The average molecular weight is 547 g/mol. The number of alkyl carbamates (subject to hydrolysis) is 1. The zero-order chi connectivity index (χ0) is 29.3. The number of nitrogens with zero attached hydrogens (tertiary/aromatic N) is 1. The van der Waals surface area contributed by atoms with Gasteiger partial charge in [0, 0.05) is 6.42 Å². The SMILES string of the molecule is CC(C)[C@H](NC(=O)OC(C)(C)C)C(=O)N1C(=O)CC[C@H]1C(=O)NCC(=O)N[C@@H](C)C(=O)OCc1ccccc1. The van der Waals surface area contributed by atoms with Crippen LogP contribution in [0.1, 0.15) is 59.9 Å². The largest absolute Gasteiger partial charge is 0.459 e. The first-order valence-corrected chi connectivity index (χ1v) is 12.8. The second kappa shape index (κ2) is 13.7. The average Bonchev–Trinajstić information content (AvgIpc) is 3.24. The summed E-state index contributed by atoms with van der Waals surface area (Å²) in [5.74, 6) is -3.71. The van der Waals surface area contributed by atoms with E-state index in [4.69, 9.17) is 9.47 Å². The maximum Gasteiger partial charge on any atom is 0.408 e. The lowest BCUT2D eigenvalue weighted by molar-refractivity contribution is -0.150. The summed E-state index contributed by atoms with van der Waals surface area (Å²) in [6.07, 6.45) is -0.801. The lowest BCUT2D eigenvalue weighted by atomic mass is 10.0. The van der Waals surface area contributed by atoms with Crippen LogP contribution in [-0.4, -0.2) is 70.9 Å². The molecule has 39 heavy (non-hydrogen) atoms. The van der Waals surface area contributed by atoms with Gasteiger partial charge in [0.25, 0.3) is 5.91 Å². The molecule has 2 rings (SSSR count). The highest BCUT2D eigenvalue weighted by molar-refractivity contribution is 6.05. The van der Waals surface area contributed by atoms with Crippen molar-refractivity contribution in [1.82, 2.24) is 20.9 Å². The van der Waals surface area contributed by atoms with Crippen LogP contribution in [0.5, 0.6) is 0 Å². The molecule has 0 spiro atoms. The molecule has 0 bridgehead atoms. The topological polar surface area (TPSA) is 160 Å². The molecule has 1 saturated heterocycles. The molecule has 1 heterocycles. The van der Waals surface area contributed by atoms with Crippen LogP contribution in [0.25, 0.3) is 0 Å². The number of esters is 1. The van der Waals surface area contributed by atoms with Crippen molar-refractivity contribution in [2.75, 3.05) is 6.54 Å². The molecule has 0 saturated carbocycles. The van der Waals surface area contributed by atoms with Crippen LogP contribution < -0.4 is 16.0 Å². The first-order chi connectivity index (χ1) is 18.2. The minimum atomic E-state index is -1.15. The molecule has 5 amide bonds. The van der Waals surface area contributed by atoms with Crippen LogP contribution in [0, 0.1) is 5.92 Å². The molecule has 3 atom stereocenters. The van der Waals surface area contributed by atoms with Gasteiger partial charge < -0.3 is 25.4 Å². The Bertz CT molecular complexity index is 1070. The maximum atomic E-state index is 13.3. The fourth-order valence-corrected chi connectivity index (χ4v) is 3.80. The molecule has 1 aromatic carbocycles. The van der Waals surface area contributed by atoms with Crippen LogP contribution in [0.2, 0.25) is 0 Å². The van der Waals surface area contributed by atoms with E-state index in [1.165, 1.54) is 6.92 Å². The first-order valence-electron chi connectivity index (χ1n) is 12.8. The third-order valence-electron chi connectivity index (χ3n) is 5.74. The van der Waals surface area contributed by atoms with E-state index >= 15 is 0 Å². The van der Waals surface area contributed by atoms with Crippen molar-refractivity contribution >= 4 is 35.7 Å². The summed E-state index contributed by atoms with van der Waals surface area (Å²) in [7, 11) is 0. The Balaban J connectivity index is 1.92. The molecule has 0 aromatic heterocycles. The third-order valence-corrected chi connectivity index (χ3v) is 5.74. The van der Waals surface area contributed by atoms with E-state index in [0.29, 0.717) is 0 Å². The van der Waals surface area contributed by atoms with Crippen LogP contribution in [-0.2, 0) is 40.1 Å². The number of imide groups is 1. The first kappa shape index (κ1) is 31.3. The predicted octanol–water partition coefficient (Wildman–Crippen LogP) is 1.42. The molecule has 214 valence electrons. The van der Waals surface area contributed by atoms with Gasteiger partial charge in [-0.2, -0.15) is 0 Å². The lowest BCUT2D eigenvalue weighted by Gasteiger charge is -2.30. The van der Waals surface area contributed by atoms with E-state index in [1.807, 2.05) is 18.2 Å². The molecule has 1 aliphatic rings. The van der Waals surface area contributed by atoms with Gasteiger partial charge in [-0.05, 0) is 45.6 Å². The Morgan fingerprint density at radius 3 is 2.26 bits per heavy atom. The summed E-state index contributed by atoms with van der Waals surface area (Å²) < 4.78 is 10.4. The quantitative estimate of drug-likeness (QED) is 0.372. The van der Waals surface area contributed by atoms with E-state index < -0.39 is 71.9 Å². The van der Waals surface area contributed by atoms with Gasteiger partial charge >= 0.3 is 12.1 Å². The summed E-state index contributed by atoms with van der Waals surface area (Å²) >= 11 is 0. The highest BCUT2D eigenvalue weighted by Gasteiger charge is 2.44. The number of benzene rings is 1. The number of rotatable bonds is 10. The van der Waals surface area contributed by atoms with Gasteiger partial charge in [0.1, 0.15) is 30.3 Å². The molecule has 12 heteroatoms. The van der Waals surface area contributed by atoms with Gasteiger partial charge in [0.2, 0.25) is 17.7 Å². The molecular weight excluding hydrogens is 508 g/mol. The van der Waals surface area contributed by atoms with Crippen molar-refractivity contribution in [2.45, 2.75) is 84.7 Å². The number of hydrogen-bond acceptors (Lipinski definition) is 8. The van der Waals surface area contributed by atoms with Crippen molar-refractivity contribution < 1.29 is 38.2 Å². The molecule has 0 aliphatic carbocycles. The Hall–Kier alpha value is -3.96. The van der Waals surface area contributed by atoms with Gasteiger partial charge in [0.05, 0.1) is 6.54 Å². The van der Waals surface area contributed by atoms with E-state index in [0.717, 1.165) is 10.5 Å². The number of nitrogens with one attached hydrogen (secondary N) is 3. The van der Waals surface area contributed by atoms with E-state index in [9.17, 15) is 28.8 Å². The van der Waals surface area contributed by atoms with Crippen molar-refractivity contribution in [3.05, 3.63) is 35.9 Å². The van der Waals surface area contributed by atoms with E-state index in [-0.39, 0.29) is 19.4 Å². The number of ether oxygens (including phenoxy) is 2. The van der Waals surface area contributed by atoms with Crippen molar-refractivity contribution in [3.63, 3.8) is 0 Å². The highest BCUT2D eigenvalue weighted by atomic mass is 16.6. The van der Waals surface area contributed by atoms with Gasteiger partial charge in [0.15, 0.2) is 0 Å².